The van der Waals surface area contributed by atoms with Crippen molar-refractivity contribution in [2.75, 3.05) is 45.9 Å². The van der Waals surface area contributed by atoms with Crippen LogP contribution in [0.2, 0.25) is 0 Å². The summed E-state index contributed by atoms with van der Waals surface area (Å²) >= 11 is 0. The Morgan fingerprint density at radius 3 is 2.29 bits per heavy atom. The van der Waals surface area contributed by atoms with E-state index in [2.05, 4.69) is 31.0 Å². The first-order valence-corrected chi connectivity index (χ1v) is 12.7. The summed E-state index contributed by atoms with van der Waals surface area (Å²) in [6, 6.07) is 13.7. The van der Waals surface area contributed by atoms with Gasteiger partial charge in [0.2, 0.25) is 5.91 Å². The smallest absolute Gasteiger partial charge is 0.253 e. The molecule has 1 fully saturated rings. The van der Waals surface area contributed by atoms with E-state index in [0.717, 1.165) is 35.5 Å². The topological polar surface area (TPSA) is 71.1 Å². The molecule has 0 radical (unpaired) electrons. The van der Waals surface area contributed by atoms with Gasteiger partial charge in [-0.1, -0.05) is 39.0 Å². The van der Waals surface area contributed by atoms with Crippen LogP contribution in [0.25, 0.3) is 0 Å². The number of carbonyl (C=O) groups is 2. The van der Waals surface area contributed by atoms with E-state index < -0.39 is 0 Å². The molecule has 2 heterocycles. The van der Waals surface area contributed by atoms with Gasteiger partial charge in [0, 0.05) is 38.2 Å². The first-order valence-electron chi connectivity index (χ1n) is 12.7. The quantitative estimate of drug-likeness (QED) is 0.656. The summed E-state index contributed by atoms with van der Waals surface area (Å²) in [5, 5.41) is 3.22. The monoisotopic (exact) mass is 479 g/mol. The van der Waals surface area contributed by atoms with Crippen LogP contribution >= 0.6 is 0 Å². The maximum absolute atomic E-state index is 13.0. The van der Waals surface area contributed by atoms with E-state index in [0.29, 0.717) is 45.9 Å². The van der Waals surface area contributed by atoms with Gasteiger partial charge in [-0.15, -0.1) is 0 Å². The minimum Gasteiger partial charge on any atom is -0.490 e. The first-order chi connectivity index (χ1) is 16.9. The van der Waals surface area contributed by atoms with Gasteiger partial charge in [-0.2, -0.15) is 0 Å². The summed E-state index contributed by atoms with van der Waals surface area (Å²) in [5.74, 6) is 1.77. The van der Waals surface area contributed by atoms with Gasteiger partial charge in [0.25, 0.3) is 5.91 Å². The van der Waals surface area contributed by atoms with Crippen molar-refractivity contribution in [1.82, 2.24) is 15.1 Å². The molecule has 1 saturated heterocycles. The van der Waals surface area contributed by atoms with Crippen LogP contribution in [0.3, 0.4) is 0 Å². The second-order valence-electron chi connectivity index (χ2n) is 9.66. The van der Waals surface area contributed by atoms with Gasteiger partial charge < -0.3 is 19.7 Å². The maximum atomic E-state index is 13.0. The van der Waals surface area contributed by atoms with Crippen molar-refractivity contribution in [2.24, 2.45) is 5.92 Å². The maximum Gasteiger partial charge on any atom is 0.253 e. The highest BCUT2D eigenvalue weighted by Crippen LogP contribution is 2.34. The van der Waals surface area contributed by atoms with Gasteiger partial charge in [-0.3, -0.25) is 14.5 Å². The number of hydrogen-bond acceptors (Lipinski definition) is 5. The van der Waals surface area contributed by atoms with Crippen LogP contribution in [0.5, 0.6) is 11.5 Å². The fraction of sp³-hybridized carbons (Fsp3) is 0.500. The third-order valence-electron chi connectivity index (χ3n) is 6.75. The molecule has 0 aromatic heterocycles. The van der Waals surface area contributed by atoms with Gasteiger partial charge in [-0.25, -0.2) is 0 Å². The average Bonchev–Trinajstić information content (AvgIpc) is 3.12. The molecule has 0 bridgehead atoms. The molecule has 0 aliphatic carbocycles. The number of rotatable bonds is 7. The molecule has 2 amide bonds. The van der Waals surface area contributed by atoms with Crippen molar-refractivity contribution in [3.8, 4) is 11.5 Å². The number of nitrogens with one attached hydrogen (secondary N) is 1. The van der Waals surface area contributed by atoms with Crippen LogP contribution in [-0.2, 0) is 11.2 Å². The highest BCUT2D eigenvalue weighted by molar-refractivity contribution is 5.94. The van der Waals surface area contributed by atoms with E-state index in [9.17, 15) is 9.59 Å². The van der Waals surface area contributed by atoms with Crippen LogP contribution < -0.4 is 14.8 Å². The second-order valence-corrected chi connectivity index (χ2v) is 9.66. The molecule has 7 heteroatoms. The summed E-state index contributed by atoms with van der Waals surface area (Å²) in [7, 11) is 0. The molecular formula is C28H37N3O4. The molecule has 7 nitrogen and oxygen atoms in total. The van der Waals surface area contributed by atoms with Crippen LogP contribution in [0.1, 0.15) is 54.7 Å². The Morgan fingerprint density at radius 1 is 0.943 bits per heavy atom. The normalized spacial score (nSPS) is 17.1. The van der Waals surface area contributed by atoms with Crippen molar-refractivity contribution >= 4 is 11.8 Å². The lowest BCUT2D eigenvalue weighted by Crippen LogP contribution is -2.51. The van der Waals surface area contributed by atoms with E-state index >= 15 is 0 Å². The zero-order valence-corrected chi connectivity index (χ0v) is 21.1. The largest absolute Gasteiger partial charge is 0.490 e. The number of nitrogens with zero attached hydrogens (tertiary/aromatic N) is 2. The predicted octanol–water partition coefficient (Wildman–Crippen LogP) is 3.68. The standard InChI is InChI=1S/C28H37N3O4/c1-4-21-6-8-22(9-7-21)28(33)31-14-12-30(13-15-31)19-26(32)29-27(20(2)3)23-10-11-24-25(18-23)35-17-5-16-34-24/h6-11,18,20,27H,4-5,12-17,19H2,1-3H3,(H,29,32). The number of carbonyl (C=O) groups excluding carboxylic acids is 2. The molecule has 2 aliphatic rings. The first kappa shape index (κ1) is 25.0. The van der Waals surface area contributed by atoms with Crippen molar-refractivity contribution in [3.05, 3.63) is 59.2 Å². The Hall–Kier alpha value is -3.06. The summed E-state index contributed by atoms with van der Waals surface area (Å²) in [6.45, 7) is 10.5. The SMILES string of the molecule is CCc1ccc(C(=O)N2CCN(CC(=O)NC(c3ccc4c(c3)OCCCO4)C(C)C)CC2)cc1. The van der Waals surface area contributed by atoms with Gasteiger partial charge in [0.05, 0.1) is 25.8 Å². The van der Waals surface area contributed by atoms with Crippen LogP contribution in [0, 0.1) is 5.92 Å². The molecule has 2 aliphatic heterocycles. The zero-order valence-electron chi connectivity index (χ0n) is 21.1. The highest BCUT2D eigenvalue weighted by atomic mass is 16.5. The van der Waals surface area contributed by atoms with Crippen molar-refractivity contribution < 1.29 is 19.1 Å². The molecule has 35 heavy (non-hydrogen) atoms. The predicted molar refractivity (Wildman–Crippen MR) is 136 cm³/mol. The van der Waals surface area contributed by atoms with Gasteiger partial charge in [-0.05, 0) is 47.7 Å². The number of ether oxygens (including phenoxy) is 2. The van der Waals surface area contributed by atoms with E-state index in [4.69, 9.17) is 9.47 Å². The Balaban J connectivity index is 1.30. The number of benzene rings is 2. The van der Waals surface area contributed by atoms with E-state index in [1.54, 1.807) is 0 Å². The zero-order chi connectivity index (χ0) is 24.8. The molecule has 2 aromatic rings. The fourth-order valence-electron chi connectivity index (χ4n) is 4.61. The molecule has 0 spiro atoms. The minimum atomic E-state index is -0.117. The van der Waals surface area contributed by atoms with E-state index in [-0.39, 0.29) is 23.8 Å². The molecule has 1 atom stereocenters. The molecule has 2 aromatic carbocycles. The molecular weight excluding hydrogens is 442 g/mol. The Kier molecular flexibility index (Phi) is 8.29. The van der Waals surface area contributed by atoms with Crippen LogP contribution in [0.4, 0.5) is 0 Å². The van der Waals surface area contributed by atoms with E-state index in [1.165, 1.54) is 5.56 Å². The Labute approximate surface area is 208 Å². The number of hydrogen-bond donors (Lipinski definition) is 1. The lowest BCUT2D eigenvalue weighted by molar-refractivity contribution is -0.123. The van der Waals surface area contributed by atoms with Gasteiger partial charge in [0.15, 0.2) is 11.5 Å². The summed E-state index contributed by atoms with van der Waals surface area (Å²) in [4.78, 5) is 29.8. The van der Waals surface area contributed by atoms with Gasteiger partial charge >= 0.3 is 0 Å². The average molecular weight is 480 g/mol. The Morgan fingerprint density at radius 2 is 1.63 bits per heavy atom. The van der Waals surface area contributed by atoms with Crippen molar-refractivity contribution in [2.45, 2.75) is 39.7 Å². The Bertz CT molecular complexity index is 1010. The second kappa shape index (κ2) is 11.6. The van der Waals surface area contributed by atoms with E-state index in [1.807, 2.05) is 47.4 Å². The fourth-order valence-corrected chi connectivity index (χ4v) is 4.61. The minimum absolute atomic E-state index is 0.00857. The summed E-state index contributed by atoms with van der Waals surface area (Å²) in [6.07, 6.45) is 1.82. The van der Waals surface area contributed by atoms with Crippen LogP contribution in [0.15, 0.2) is 42.5 Å². The lowest BCUT2D eigenvalue weighted by atomic mass is 9.95. The summed E-state index contributed by atoms with van der Waals surface area (Å²) < 4.78 is 11.6. The molecule has 0 saturated carbocycles. The van der Waals surface area contributed by atoms with Gasteiger partial charge in [0.1, 0.15) is 0 Å². The third kappa shape index (κ3) is 6.34. The van der Waals surface area contributed by atoms with Crippen molar-refractivity contribution in [3.63, 3.8) is 0 Å². The molecule has 1 unspecified atom stereocenters. The highest BCUT2D eigenvalue weighted by Gasteiger charge is 2.25. The summed E-state index contributed by atoms with van der Waals surface area (Å²) in [5.41, 5.74) is 2.97. The third-order valence-corrected chi connectivity index (χ3v) is 6.75. The lowest BCUT2D eigenvalue weighted by Gasteiger charge is -2.35. The molecule has 1 N–H and O–H groups in total. The number of amides is 2. The number of fused-ring (bicyclic) bond motifs is 1. The molecule has 4 rings (SSSR count). The number of aryl methyl sites for hydroxylation is 1. The number of piperazine rings is 1. The van der Waals surface area contributed by atoms with Crippen molar-refractivity contribution in [1.29, 1.82) is 0 Å². The van der Waals surface area contributed by atoms with Crippen LogP contribution in [-0.4, -0.2) is 67.6 Å². The molecule has 188 valence electrons.